The molecule has 3 aromatic heterocycles. The molecule has 0 bridgehead atoms. The number of hydrogen-bond donors (Lipinski definition) is 1. The first-order valence-corrected chi connectivity index (χ1v) is 9.27. The predicted octanol–water partition coefficient (Wildman–Crippen LogP) is 2.92. The van der Waals surface area contributed by atoms with Crippen LogP contribution >= 0.6 is 11.3 Å². The zero-order valence-electron chi connectivity index (χ0n) is 14.0. The van der Waals surface area contributed by atoms with E-state index in [1.165, 1.54) is 30.5 Å². The van der Waals surface area contributed by atoms with Crippen molar-refractivity contribution in [3.63, 3.8) is 0 Å². The number of pyridine rings is 1. The van der Waals surface area contributed by atoms with Crippen LogP contribution in [0.4, 0.5) is 5.82 Å². The van der Waals surface area contributed by atoms with Crippen LogP contribution < -0.4 is 10.2 Å². The molecule has 0 aliphatic carbocycles. The molecular weight excluding hydrogens is 334 g/mol. The Morgan fingerprint density at radius 2 is 2.12 bits per heavy atom. The molecule has 1 saturated heterocycles. The third-order valence-electron chi connectivity index (χ3n) is 4.34. The van der Waals surface area contributed by atoms with Crippen LogP contribution in [-0.2, 0) is 6.54 Å². The fourth-order valence-corrected chi connectivity index (χ4v) is 3.98. The van der Waals surface area contributed by atoms with Gasteiger partial charge in [0.2, 0.25) is 0 Å². The highest BCUT2D eigenvalue weighted by atomic mass is 32.1. The van der Waals surface area contributed by atoms with Crippen LogP contribution in [0.25, 0.3) is 10.2 Å². The van der Waals surface area contributed by atoms with E-state index in [-0.39, 0.29) is 5.91 Å². The predicted molar refractivity (Wildman–Crippen MR) is 99.0 cm³/mol. The quantitative estimate of drug-likeness (QED) is 0.781. The molecule has 0 spiro atoms. The Labute approximate surface area is 149 Å². The van der Waals surface area contributed by atoms with Gasteiger partial charge in [-0.05, 0) is 48.9 Å². The second-order valence-corrected chi connectivity index (χ2v) is 7.13. The number of nitrogens with zero attached hydrogens (tertiary/aromatic N) is 4. The minimum atomic E-state index is -0.174. The molecule has 1 fully saturated rings. The number of amides is 1. The number of aromatic nitrogens is 3. The molecule has 1 aliphatic heterocycles. The van der Waals surface area contributed by atoms with E-state index in [1.807, 2.05) is 24.4 Å². The van der Waals surface area contributed by atoms with Crippen LogP contribution in [0.15, 0.2) is 29.9 Å². The number of rotatable bonds is 4. The molecular formula is C18H19N5OS. The Morgan fingerprint density at radius 3 is 2.96 bits per heavy atom. The molecule has 0 atom stereocenters. The van der Waals surface area contributed by atoms with Gasteiger partial charge < -0.3 is 10.2 Å². The Kier molecular flexibility index (Phi) is 4.31. The number of hydrogen-bond acceptors (Lipinski definition) is 6. The van der Waals surface area contributed by atoms with E-state index < -0.39 is 0 Å². The van der Waals surface area contributed by atoms with Crippen LogP contribution in [0.5, 0.6) is 0 Å². The van der Waals surface area contributed by atoms with Gasteiger partial charge in [-0.1, -0.05) is 0 Å². The zero-order valence-corrected chi connectivity index (χ0v) is 14.8. The van der Waals surface area contributed by atoms with Crippen molar-refractivity contribution in [2.75, 3.05) is 18.0 Å². The van der Waals surface area contributed by atoms with Gasteiger partial charge >= 0.3 is 0 Å². The zero-order chi connectivity index (χ0) is 17.2. The summed E-state index contributed by atoms with van der Waals surface area (Å²) in [6, 6.07) is 5.98. The van der Waals surface area contributed by atoms with Crippen LogP contribution in [0.1, 0.15) is 34.6 Å². The SMILES string of the molecule is Cc1cc(CNC(=O)c2ncnc3ccsc23)cc(N2CCCC2)n1. The summed E-state index contributed by atoms with van der Waals surface area (Å²) in [5.41, 5.74) is 3.27. The Morgan fingerprint density at radius 1 is 1.28 bits per heavy atom. The number of anilines is 1. The second-order valence-electron chi connectivity index (χ2n) is 6.21. The molecule has 0 unspecified atom stereocenters. The maximum absolute atomic E-state index is 12.5. The topological polar surface area (TPSA) is 71.0 Å². The molecule has 1 amide bonds. The molecule has 128 valence electrons. The summed E-state index contributed by atoms with van der Waals surface area (Å²) >= 11 is 1.48. The average Bonchev–Trinajstić information content (AvgIpc) is 3.30. The molecule has 0 aromatic carbocycles. The van der Waals surface area contributed by atoms with Crippen molar-refractivity contribution in [2.45, 2.75) is 26.3 Å². The third-order valence-corrected chi connectivity index (χ3v) is 5.25. The van der Waals surface area contributed by atoms with Crippen LogP contribution in [0, 0.1) is 6.92 Å². The van der Waals surface area contributed by atoms with Crippen molar-refractivity contribution in [2.24, 2.45) is 0 Å². The Balaban J connectivity index is 1.51. The first-order chi connectivity index (χ1) is 12.2. The van der Waals surface area contributed by atoms with Crippen molar-refractivity contribution >= 4 is 33.3 Å². The largest absolute Gasteiger partial charge is 0.357 e. The van der Waals surface area contributed by atoms with Gasteiger partial charge in [-0.15, -0.1) is 11.3 Å². The lowest BCUT2D eigenvalue weighted by atomic mass is 10.2. The molecule has 4 heterocycles. The van der Waals surface area contributed by atoms with E-state index >= 15 is 0 Å². The number of aryl methyl sites for hydroxylation is 1. The van der Waals surface area contributed by atoms with Crippen molar-refractivity contribution in [1.82, 2.24) is 20.3 Å². The molecule has 3 aromatic rings. The van der Waals surface area contributed by atoms with Crippen molar-refractivity contribution in [3.05, 3.63) is 46.9 Å². The molecule has 6 nitrogen and oxygen atoms in total. The lowest BCUT2D eigenvalue weighted by molar-refractivity contribution is 0.0948. The smallest absolute Gasteiger partial charge is 0.271 e. The van der Waals surface area contributed by atoms with Crippen LogP contribution in [0.2, 0.25) is 0 Å². The maximum atomic E-state index is 12.5. The first-order valence-electron chi connectivity index (χ1n) is 8.39. The van der Waals surface area contributed by atoms with E-state index in [2.05, 4.69) is 31.2 Å². The number of nitrogens with one attached hydrogen (secondary N) is 1. The molecule has 7 heteroatoms. The van der Waals surface area contributed by atoms with Gasteiger partial charge in [0.05, 0.1) is 10.2 Å². The van der Waals surface area contributed by atoms with Gasteiger partial charge in [0, 0.05) is 25.3 Å². The standard InChI is InChI=1S/C18H19N5OS/c1-12-8-13(9-15(22-12)23-5-2-3-6-23)10-19-18(24)16-17-14(4-7-25-17)20-11-21-16/h4,7-9,11H,2-3,5-6,10H2,1H3,(H,19,24). The van der Waals surface area contributed by atoms with Crippen LogP contribution in [-0.4, -0.2) is 33.9 Å². The van der Waals surface area contributed by atoms with Gasteiger partial charge in [0.15, 0.2) is 0 Å². The summed E-state index contributed by atoms with van der Waals surface area (Å²) in [5, 5.41) is 4.89. The van der Waals surface area contributed by atoms with Gasteiger partial charge in [-0.3, -0.25) is 4.79 Å². The Hall–Kier alpha value is -2.54. The Bertz CT molecular complexity index is 917. The molecule has 1 aliphatic rings. The number of carbonyl (C=O) groups is 1. The lowest BCUT2D eigenvalue weighted by Gasteiger charge is -2.18. The highest BCUT2D eigenvalue weighted by molar-refractivity contribution is 7.17. The van der Waals surface area contributed by atoms with Gasteiger partial charge in [-0.25, -0.2) is 15.0 Å². The summed E-state index contributed by atoms with van der Waals surface area (Å²) in [4.78, 5) is 27.8. The van der Waals surface area contributed by atoms with Gasteiger partial charge in [-0.2, -0.15) is 0 Å². The second kappa shape index (κ2) is 6.76. The van der Waals surface area contributed by atoms with Gasteiger partial charge in [0.1, 0.15) is 17.8 Å². The minimum absolute atomic E-state index is 0.174. The molecule has 0 radical (unpaired) electrons. The molecule has 0 saturated carbocycles. The normalized spacial score (nSPS) is 14.2. The summed E-state index contributed by atoms with van der Waals surface area (Å²) in [6.07, 6.45) is 3.87. The van der Waals surface area contributed by atoms with E-state index in [1.54, 1.807) is 0 Å². The molecule has 25 heavy (non-hydrogen) atoms. The van der Waals surface area contributed by atoms with E-state index in [0.29, 0.717) is 12.2 Å². The monoisotopic (exact) mass is 353 g/mol. The summed E-state index contributed by atoms with van der Waals surface area (Å²) in [6.45, 7) is 4.56. The lowest BCUT2D eigenvalue weighted by Crippen LogP contribution is -2.25. The fraction of sp³-hybridized carbons (Fsp3) is 0.333. The number of thiophene rings is 1. The van der Waals surface area contributed by atoms with Crippen molar-refractivity contribution in [3.8, 4) is 0 Å². The van der Waals surface area contributed by atoms with Crippen molar-refractivity contribution < 1.29 is 4.79 Å². The number of carbonyl (C=O) groups excluding carboxylic acids is 1. The van der Waals surface area contributed by atoms with E-state index in [4.69, 9.17) is 0 Å². The van der Waals surface area contributed by atoms with Crippen LogP contribution in [0.3, 0.4) is 0 Å². The summed E-state index contributed by atoms with van der Waals surface area (Å²) < 4.78 is 0.823. The highest BCUT2D eigenvalue weighted by Gasteiger charge is 2.16. The minimum Gasteiger partial charge on any atom is -0.357 e. The molecule has 1 N–H and O–H groups in total. The average molecular weight is 353 g/mol. The number of fused-ring (bicyclic) bond motifs is 1. The van der Waals surface area contributed by atoms with Crippen molar-refractivity contribution in [1.29, 1.82) is 0 Å². The molecule has 4 rings (SSSR count). The third kappa shape index (κ3) is 3.32. The summed E-state index contributed by atoms with van der Waals surface area (Å²) in [5.74, 6) is 0.830. The van der Waals surface area contributed by atoms with Gasteiger partial charge in [0.25, 0.3) is 5.91 Å². The van der Waals surface area contributed by atoms with E-state index in [9.17, 15) is 4.79 Å². The first kappa shape index (κ1) is 16.0. The fourth-order valence-electron chi connectivity index (χ4n) is 3.15. The highest BCUT2D eigenvalue weighted by Crippen LogP contribution is 2.22. The summed E-state index contributed by atoms with van der Waals surface area (Å²) in [7, 11) is 0. The maximum Gasteiger partial charge on any atom is 0.271 e. The van der Waals surface area contributed by atoms with E-state index in [0.717, 1.165) is 40.4 Å².